The minimum atomic E-state index is -0.577. The lowest BCUT2D eigenvalue weighted by molar-refractivity contribution is 0.0936. The summed E-state index contributed by atoms with van der Waals surface area (Å²) in [4.78, 5) is 12.2. The minimum Gasteiger partial charge on any atom is -0.293 e. The van der Waals surface area contributed by atoms with Crippen molar-refractivity contribution in [1.29, 1.82) is 5.26 Å². The van der Waals surface area contributed by atoms with Crippen LogP contribution in [0.3, 0.4) is 0 Å². The van der Waals surface area contributed by atoms with Gasteiger partial charge in [0, 0.05) is 10.6 Å². The van der Waals surface area contributed by atoms with Gasteiger partial charge in [0.25, 0.3) is 0 Å². The van der Waals surface area contributed by atoms with Crippen molar-refractivity contribution < 1.29 is 4.79 Å². The van der Waals surface area contributed by atoms with Gasteiger partial charge in [0.1, 0.15) is 5.92 Å². The van der Waals surface area contributed by atoms with Crippen LogP contribution in [0, 0.1) is 30.1 Å². The van der Waals surface area contributed by atoms with Crippen LogP contribution >= 0.6 is 11.6 Å². The van der Waals surface area contributed by atoms with Crippen molar-refractivity contribution in [3.05, 3.63) is 34.3 Å². The molecule has 0 aliphatic rings. The zero-order chi connectivity index (χ0) is 13.0. The van der Waals surface area contributed by atoms with Crippen molar-refractivity contribution in [2.24, 2.45) is 11.8 Å². The molecule has 0 N–H and O–H groups in total. The quantitative estimate of drug-likeness (QED) is 0.757. The van der Waals surface area contributed by atoms with Crippen LogP contribution < -0.4 is 0 Å². The van der Waals surface area contributed by atoms with Gasteiger partial charge in [0.05, 0.1) is 6.07 Å². The summed E-state index contributed by atoms with van der Waals surface area (Å²) >= 11 is 5.98. The molecule has 0 saturated carbocycles. The number of carbonyl (C=O) groups is 1. The fourth-order valence-corrected chi connectivity index (χ4v) is 1.93. The van der Waals surface area contributed by atoms with E-state index in [1.807, 2.05) is 13.8 Å². The maximum absolute atomic E-state index is 12.2. The Morgan fingerprint density at radius 1 is 1.47 bits per heavy atom. The molecule has 0 amide bonds. The Kier molecular flexibility index (Phi) is 4.72. The van der Waals surface area contributed by atoms with Crippen LogP contribution in [0.1, 0.15) is 36.2 Å². The van der Waals surface area contributed by atoms with Crippen molar-refractivity contribution >= 4 is 17.4 Å². The van der Waals surface area contributed by atoms with Crippen molar-refractivity contribution in [1.82, 2.24) is 0 Å². The first-order chi connectivity index (χ1) is 7.97. The van der Waals surface area contributed by atoms with E-state index >= 15 is 0 Å². The SMILES string of the molecule is Cc1c(Cl)cccc1C(=O)C(C#N)CC(C)C. The minimum absolute atomic E-state index is 0.124. The predicted molar refractivity (Wildman–Crippen MR) is 69.1 cm³/mol. The number of hydrogen-bond acceptors (Lipinski definition) is 2. The number of Topliss-reactive ketones (excluding diaryl/α,β-unsaturated/α-hetero) is 1. The van der Waals surface area contributed by atoms with Crippen molar-refractivity contribution in [3.63, 3.8) is 0 Å². The lowest BCUT2D eigenvalue weighted by Gasteiger charge is -2.12. The van der Waals surface area contributed by atoms with Crippen molar-refractivity contribution in [2.75, 3.05) is 0 Å². The Bertz CT molecular complexity index is 460. The average Bonchev–Trinajstić information content (AvgIpc) is 2.28. The molecule has 0 aliphatic carbocycles. The fourth-order valence-electron chi connectivity index (χ4n) is 1.75. The van der Waals surface area contributed by atoms with Gasteiger partial charge in [-0.15, -0.1) is 0 Å². The molecule has 0 aromatic heterocycles. The first kappa shape index (κ1) is 13.7. The van der Waals surface area contributed by atoms with Gasteiger partial charge in [0.15, 0.2) is 5.78 Å². The molecule has 0 fully saturated rings. The van der Waals surface area contributed by atoms with Gasteiger partial charge in [-0.1, -0.05) is 37.6 Å². The largest absolute Gasteiger partial charge is 0.293 e. The van der Waals surface area contributed by atoms with E-state index in [0.29, 0.717) is 22.9 Å². The summed E-state index contributed by atoms with van der Waals surface area (Å²) in [6.45, 7) is 5.81. The molecule has 1 aromatic carbocycles. The van der Waals surface area contributed by atoms with Crippen LogP contribution in [0.25, 0.3) is 0 Å². The Labute approximate surface area is 107 Å². The summed E-state index contributed by atoms with van der Waals surface area (Å²) < 4.78 is 0. The van der Waals surface area contributed by atoms with E-state index in [9.17, 15) is 4.79 Å². The van der Waals surface area contributed by atoms with E-state index < -0.39 is 5.92 Å². The van der Waals surface area contributed by atoms with E-state index in [1.165, 1.54) is 0 Å². The second-order valence-electron chi connectivity index (χ2n) is 4.59. The second-order valence-corrected chi connectivity index (χ2v) is 5.00. The summed E-state index contributed by atoms with van der Waals surface area (Å²) in [5.41, 5.74) is 1.31. The molecule has 0 radical (unpaired) electrons. The van der Waals surface area contributed by atoms with Gasteiger partial charge in [-0.05, 0) is 30.9 Å². The zero-order valence-corrected chi connectivity index (χ0v) is 11.1. The summed E-state index contributed by atoms with van der Waals surface area (Å²) in [7, 11) is 0. The molecule has 1 unspecified atom stereocenters. The molecule has 90 valence electrons. The monoisotopic (exact) mass is 249 g/mol. The number of benzene rings is 1. The number of halogens is 1. The number of nitrogens with zero attached hydrogens (tertiary/aromatic N) is 1. The van der Waals surface area contributed by atoms with E-state index in [4.69, 9.17) is 16.9 Å². The highest BCUT2D eigenvalue weighted by Crippen LogP contribution is 2.23. The van der Waals surface area contributed by atoms with Gasteiger partial charge in [-0.25, -0.2) is 0 Å². The maximum atomic E-state index is 12.2. The smallest absolute Gasteiger partial charge is 0.180 e. The number of hydrogen-bond donors (Lipinski definition) is 0. The summed E-state index contributed by atoms with van der Waals surface area (Å²) in [5, 5.41) is 9.63. The lowest BCUT2D eigenvalue weighted by Crippen LogP contribution is -2.16. The first-order valence-electron chi connectivity index (χ1n) is 5.66. The molecular weight excluding hydrogens is 234 g/mol. The van der Waals surface area contributed by atoms with Gasteiger partial charge in [-0.3, -0.25) is 4.79 Å². The molecule has 0 aliphatic heterocycles. The summed E-state index contributed by atoms with van der Waals surface area (Å²) in [6.07, 6.45) is 0.585. The molecule has 0 heterocycles. The summed E-state index contributed by atoms with van der Waals surface area (Å²) in [6, 6.07) is 7.31. The number of ketones is 1. The van der Waals surface area contributed by atoms with Crippen LogP contribution in [0.15, 0.2) is 18.2 Å². The van der Waals surface area contributed by atoms with E-state index in [2.05, 4.69) is 6.07 Å². The molecule has 17 heavy (non-hydrogen) atoms. The summed E-state index contributed by atoms with van der Waals surface area (Å²) in [5.74, 6) is -0.378. The average molecular weight is 250 g/mol. The first-order valence-corrected chi connectivity index (χ1v) is 6.04. The Morgan fingerprint density at radius 3 is 2.65 bits per heavy atom. The molecule has 3 heteroatoms. The van der Waals surface area contributed by atoms with E-state index in [1.54, 1.807) is 25.1 Å². The van der Waals surface area contributed by atoms with Crippen LogP contribution in [-0.4, -0.2) is 5.78 Å². The molecule has 1 rings (SSSR count). The Balaban J connectivity index is 3.03. The zero-order valence-electron chi connectivity index (χ0n) is 10.3. The maximum Gasteiger partial charge on any atom is 0.180 e. The molecule has 0 spiro atoms. The van der Waals surface area contributed by atoms with E-state index in [0.717, 1.165) is 5.56 Å². The molecule has 1 aromatic rings. The normalized spacial score (nSPS) is 12.2. The number of nitriles is 1. The number of rotatable bonds is 4. The molecule has 2 nitrogen and oxygen atoms in total. The van der Waals surface area contributed by atoms with Gasteiger partial charge in [-0.2, -0.15) is 5.26 Å². The number of carbonyl (C=O) groups excluding carboxylic acids is 1. The molecule has 0 saturated heterocycles. The highest BCUT2D eigenvalue weighted by Gasteiger charge is 2.22. The van der Waals surface area contributed by atoms with Crippen LogP contribution in [0.4, 0.5) is 0 Å². The fraction of sp³-hybridized carbons (Fsp3) is 0.429. The van der Waals surface area contributed by atoms with E-state index in [-0.39, 0.29) is 5.78 Å². The molecular formula is C14H16ClNO. The molecule has 1 atom stereocenters. The Hall–Kier alpha value is -1.33. The van der Waals surface area contributed by atoms with Gasteiger partial charge in [0.2, 0.25) is 0 Å². The van der Waals surface area contributed by atoms with Crippen molar-refractivity contribution in [2.45, 2.75) is 27.2 Å². The van der Waals surface area contributed by atoms with Gasteiger partial charge < -0.3 is 0 Å². The highest BCUT2D eigenvalue weighted by atomic mass is 35.5. The highest BCUT2D eigenvalue weighted by molar-refractivity contribution is 6.31. The van der Waals surface area contributed by atoms with Gasteiger partial charge >= 0.3 is 0 Å². The third-order valence-corrected chi connectivity index (χ3v) is 3.12. The van der Waals surface area contributed by atoms with Crippen LogP contribution in [0.5, 0.6) is 0 Å². The Morgan fingerprint density at radius 2 is 2.12 bits per heavy atom. The lowest BCUT2D eigenvalue weighted by atomic mass is 9.89. The topological polar surface area (TPSA) is 40.9 Å². The second kappa shape index (κ2) is 5.84. The predicted octanol–water partition coefficient (Wildman–Crippen LogP) is 4.02. The third kappa shape index (κ3) is 3.31. The van der Waals surface area contributed by atoms with Crippen LogP contribution in [0.2, 0.25) is 5.02 Å². The van der Waals surface area contributed by atoms with Crippen molar-refractivity contribution in [3.8, 4) is 6.07 Å². The third-order valence-electron chi connectivity index (χ3n) is 2.71. The standard InChI is InChI=1S/C14H16ClNO/c1-9(2)7-11(8-16)14(17)12-5-4-6-13(15)10(12)3/h4-6,9,11H,7H2,1-3H3. The molecule has 0 bridgehead atoms. The van der Waals surface area contributed by atoms with Crippen LogP contribution in [-0.2, 0) is 0 Å².